The van der Waals surface area contributed by atoms with Gasteiger partial charge in [0.2, 0.25) is 0 Å². The molecule has 0 aromatic heterocycles. The normalized spacial score (nSPS) is 11.1. The first kappa shape index (κ1) is 19.5. The first-order chi connectivity index (χ1) is 13.6. The van der Waals surface area contributed by atoms with E-state index in [1.165, 1.54) is 0 Å². The minimum Gasteiger partial charge on any atom is -0.493 e. The molecule has 28 heavy (non-hydrogen) atoms. The van der Waals surface area contributed by atoms with Crippen LogP contribution in [0.1, 0.15) is 16.7 Å². The Morgan fingerprint density at radius 3 is 2.36 bits per heavy atom. The van der Waals surface area contributed by atoms with Crippen molar-refractivity contribution in [1.82, 2.24) is 0 Å². The maximum atomic E-state index is 11.7. The van der Waals surface area contributed by atoms with Gasteiger partial charge >= 0.3 is 5.97 Å². The van der Waals surface area contributed by atoms with E-state index in [1.807, 2.05) is 18.2 Å². The zero-order valence-electron chi connectivity index (χ0n) is 15.3. The molecule has 0 aliphatic heterocycles. The highest BCUT2D eigenvalue weighted by atomic mass is 35.5. The largest absolute Gasteiger partial charge is 0.493 e. The smallest absolute Gasteiger partial charge is 0.336 e. The molecule has 4 nitrogen and oxygen atoms in total. The van der Waals surface area contributed by atoms with Crippen molar-refractivity contribution in [3.8, 4) is 11.5 Å². The molecule has 3 aromatic carbocycles. The first-order valence-electron chi connectivity index (χ1n) is 8.62. The molecule has 0 atom stereocenters. The molecule has 0 heterocycles. The van der Waals surface area contributed by atoms with Gasteiger partial charge in [-0.3, -0.25) is 0 Å². The average molecular weight is 395 g/mol. The van der Waals surface area contributed by atoms with Crippen molar-refractivity contribution in [3.05, 3.63) is 94.5 Å². The fourth-order valence-corrected chi connectivity index (χ4v) is 2.82. The molecule has 0 aliphatic rings. The maximum Gasteiger partial charge on any atom is 0.336 e. The Kier molecular flexibility index (Phi) is 6.35. The summed E-state index contributed by atoms with van der Waals surface area (Å²) in [5.41, 5.74) is 2.50. The van der Waals surface area contributed by atoms with Gasteiger partial charge in [0.15, 0.2) is 11.5 Å². The van der Waals surface area contributed by atoms with Crippen LogP contribution >= 0.6 is 11.6 Å². The highest BCUT2D eigenvalue weighted by Crippen LogP contribution is 2.30. The highest BCUT2D eigenvalue weighted by molar-refractivity contribution is 6.30. The Balaban J connectivity index is 1.89. The molecule has 0 saturated carbocycles. The second kappa shape index (κ2) is 9.11. The number of methoxy groups -OCH3 is 1. The molecule has 0 amide bonds. The Hall–Kier alpha value is -3.24. The van der Waals surface area contributed by atoms with Crippen molar-refractivity contribution in [2.45, 2.75) is 6.61 Å². The van der Waals surface area contributed by atoms with Crippen molar-refractivity contribution >= 4 is 29.2 Å². The highest BCUT2D eigenvalue weighted by Gasteiger charge is 2.12. The van der Waals surface area contributed by atoms with E-state index in [4.69, 9.17) is 21.1 Å². The standard InChI is InChI=1S/C23H19ClO4/c1-27-21-12-9-17(13-20(23(25)26)18-5-3-2-4-6-18)14-22(21)28-15-16-7-10-19(24)11-8-16/h2-14H,15H2,1H3,(H,25,26)/b20-13-. The average Bonchev–Trinajstić information content (AvgIpc) is 2.72. The van der Waals surface area contributed by atoms with Gasteiger partial charge in [-0.1, -0.05) is 60.1 Å². The Bertz CT molecular complexity index is 979. The summed E-state index contributed by atoms with van der Waals surface area (Å²) in [5, 5.41) is 10.3. The second-order valence-electron chi connectivity index (χ2n) is 6.05. The number of hydrogen-bond acceptors (Lipinski definition) is 3. The summed E-state index contributed by atoms with van der Waals surface area (Å²) < 4.78 is 11.3. The predicted molar refractivity (Wildman–Crippen MR) is 111 cm³/mol. The molecule has 0 unspecified atom stereocenters. The van der Waals surface area contributed by atoms with Crippen LogP contribution < -0.4 is 9.47 Å². The molecule has 5 heteroatoms. The molecule has 3 rings (SSSR count). The van der Waals surface area contributed by atoms with Crippen LogP contribution in [0.4, 0.5) is 0 Å². The number of halogens is 1. The summed E-state index contributed by atoms with van der Waals surface area (Å²) in [6, 6.07) is 21.7. The third-order valence-corrected chi connectivity index (χ3v) is 4.37. The van der Waals surface area contributed by atoms with Crippen LogP contribution in [0.2, 0.25) is 5.02 Å². The van der Waals surface area contributed by atoms with E-state index in [9.17, 15) is 9.90 Å². The Morgan fingerprint density at radius 2 is 1.71 bits per heavy atom. The fourth-order valence-electron chi connectivity index (χ4n) is 2.69. The van der Waals surface area contributed by atoms with Gasteiger partial charge in [-0.05, 0) is 47.0 Å². The summed E-state index contributed by atoms with van der Waals surface area (Å²) in [4.78, 5) is 11.7. The molecule has 0 saturated heterocycles. The van der Waals surface area contributed by atoms with E-state index in [1.54, 1.807) is 67.8 Å². The summed E-state index contributed by atoms with van der Waals surface area (Å²) in [5.74, 6) is 0.109. The summed E-state index contributed by atoms with van der Waals surface area (Å²) in [6.45, 7) is 0.338. The Labute approximate surface area is 168 Å². The minimum atomic E-state index is -0.995. The van der Waals surface area contributed by atoms with Gasteiger partial charge in [0.25, 0.3) is 0 Å². The molecule has 3 aromatic rings. The van der Waals surface area contributed by atoms with Gasteiger partial charge < -0.3 is 14.6 Å². The van der Waals surface area contributed by atoms with Gasteiger partial charge in [-0.15, -0.1) is 0 Å². The topological polar surface area (TPSA) is 55.8 Å². The third kappa shape index (κ3) is 4.93. The van der Waals surface area contributed by atoms with E-state index < -0.39 is 5.97 Å². The minimum absolute atomic E-state index is 0.203. The first-order valence-corrected chi connectivity index (χ1v) is 9.00. The van der Waals surface area contributed by atoms with Crippen molar-refractivity contribution in [2.75, 3.05) is 7.11 Å². The van der Waals surface area contributed by atoms with Crippen molar-refractivity contribution in [2.24, 2.45) is 0 Å². The molecule has 0 spiro atoms. The van der Waals surface area contributed by atoms with Crippen molar-refractivity contribution < 1.29 is 19.4 Å². The van der Waals surface area contributed by atoms with Crippen LogP contribution in [0.5, 0.6) is 11.5 Å². The fraction of sp³-hybridized carbons (Fsp3) is 0.0870. The zero-order valence-corrected chi connectivity index (χ0v) is 16.0. The third-order valence-electron chi connectivity index (χ3n) is 4.12. The molecular weight excluding hydrogens is 376 g/mol. The number of ether oxygens (including phenoxy) is 2. The van der Waals surface area contributed by atoms with E-state index in [0.717, 1.165) is 5.56 Å². The second-order valence-corrected chi connectivity index (χ2v) is 6.49. The van der Waals surface area contributed by atoms with Crippen LogP contribution in [-0.4, -0.2) is 18.2 Å². The van der Waals surface area contributed by atoms with Crippen molar-refractivity contribution in [1.29, 1.82) is 0 Å². The Morgan fingerprint density at radius 1 is 1.00 bits per heavy atom. The monoisotopic (exact) mass is 394 g/mol. The molecule has 1 N–H and O–H groups in total. The lowest BCUT2D eigenvalue weighted by atomic mass is 10.0. The SMILES string of the molecule is COc1ccc(/C=C(\C(=O)O)c2ccccc2)cc1OCc1ccc(Cl)cc1. The van der Waals surface area contributed by atoms with Gasteiger partial charge in [0.05, 0.1) is 12.7 Å². The quantitative estimate of drug-likeness (QED) is 0.421. The van der Waals surface area contributed by atoms with E-state index >= 15 is 0 Å². The zero-order chi connectivity index (χ0) is 19.9. The van der Waals surface area contributed by atoms with Crippen molar-refractivity contribution in [3.63, 3.8) is 0 Å². The van der Waals surface area contributed by atoms with Crippen LogP contribution in [-0.2, 0) is 11.4 Å². The summed E-state index contributed by atoms with van der Waals surface area (Å²) >= 11 is 5.91. The lowest BCUT2D eigenvalue weighted by molar-refractivity contribution is -0.130. The lowest BCUT2D eigenvalue weighted by Gasteiger charge is -2.12. The van der Waals surface area contributed by atoms with Gasteiger partial charge in [0.1, 0.15) is 6.61 Å². The number of carbonyl (C=O) groups is 1. The van der Waals surface area contributed by atoms with Crippen LogP contribution in [0.3, 0.4) is 0 Å². The molecule has 142 valence electrons. The molecule has 0 bridgehead atoms. The van der Waals surface area contributed by atoms with Gasteiger partial charge in [0, 0.05) is 5.02 Å². The summed E-state index contributed by atoms with van der Waals surface area (Å²) in [6.07, 6.45) is 1.62. The molecule has 0 radical (unpaired) electrons. The van der Waals surface area contributed by atoms with Gasteiger partial charge in [-0.25, -0.2) is 4.79 Å². The number of carboxylic acids is 1. The maximum absolute atomic E-state index is 11.7. The molecular formula is C23H19ClO4. The van der Waals surface area contributed by atoms with Gasteiger partial charge in [-0.2, -0.15) is 0 Å². The number of benzene rings is 3. The summed E-state index contributed by atoms with van der Waals surface area (Å²) in [7, 11) is 1.56. The predicted octanol–water partition coefficient (Wildman–Crippen LogP) is 5.55. The van der Waals surface area contributed by atoms with E-state index in [-0.39, 0.29) is 5.57 Å². The molecule has 0 aliphatic carbocycles. The lowest BCUT2D eigenvalue weighted by Crippen LogP contribution is -2.00. The van der Waals surface area contributed by atoms with Crippen LogP contribution in [0.25, 0.3) is 11.6 Å². The molecule has 0 fully saturated rings. The van der Waals surface area contributed by atoms with E-state index in [2.05, 4.69) is 0 Å². The van der Waals surface area contributed by atoms with E-state index in [0.29, 0.717) is 34.3 Å². The van der Waals surface area contributed by atoms with Crippen LogP contribution in [0, 0.1) is 0 Å². The number of hydrogen-bond donors (Lipinski definition) is 1. The van der Waals surface area contributed by atoms with Crippen LogP contribution in [0.15, 0.2) is 72.8 Å². The number of aliphatic carboxylic acids is 1. The number of rotatable bonds is 7. The number of carboxylic acid groups (broad SMARTS) is 1.